The van der Waals surface area contributed by atoms with E-state index in [0.717, 1.165) is 38.8 Å². The molecule has 0 amide bonds. The second kappa shape index (κ2) is 9.43. The van der Waals surface area contributed by atoms with Gasteiger partial charge < -0.3 is 9.84 Å². The monoisotopic (exact) mass is 414 g/mol. The second-order valence-corrected chi connectivity index (χ2v) is 7.51. The van der Waals surface area contributed by atoms with E-state index in [0.29, 0.717) is 19.4 Å². The maximum absolute atomic E-state index is 13.1. The standard InChI is InChI=1S/C27H23FO3/c28-24-11-5-19(6-12-24)15-16-31-26-13-7-20(8-14-27(29)30)17-25(26)23-10-9-21-3-1-2-4-22(21)18-23/h1-7,9-13,17-18H,8,14-16H2,(H,29,30). The molecule has 0 heterocycles. The van der Waals surface area contributed by atoms with Gasteiger partial charge in [-0.25, -0.2) is 4.39 Å². The fourth-order valence-corrected chi connectivity index (χ4v) is 3.62. The van der Waals surface area contributed by atoms with E-state index in [4.69, 9.17) is 9.84 Å². The molecular formula is C27H23FO3. The fourth-order valence-electron chi connectivity index (χ4n) is 3.62. The van der Waals surface area contributed by atoms with Crippen LogP contribution in [0.15, 0.2) is 84.9 Å². The first-order valence-electron chi connectivity index (χ1n) is 10.3. The van der Waals surface area contributed by atoms with E-state index in [1.165, 1.54) is 12.1 Å². The van der Waals surface area contributed by atoms with E-state index in [2.05, 4.69) is 30.3 Å². The average molecular weight is 414 g/mol. The fraction of sp³-hybridized carbons (Fsp3) is 0.148. The summed E-state index contributed by atoms with van der Waals surface area (Å²) in [5, 5.41) is 11.3. The van der Waals surface area contributed by atoms with Gasteiger partial charge in [0, 0.05) is 18.4 Å². The molecule has 31 heavy (non-hydrogen) atoms. The van der Waals surface area contributed by atoms with Crippen molar-refractivity contribution in [1.29, 1.82) is 0 Å². The molecule has 0 unspecified atom stereocenters. The van der Waals surface area contributed by atoms with Crippen molar-refractivity contribution in [3.63, 3.8) is 0 Å². The molecule has 4 aromatic rings. The summed E-state index contributed by atoms with van der Waals surface area (Å²) < 4.78 is 19.2. The van der Waals surface area contributed by atoms with Crippen LogP contribution >= 0.6 is 0 Å². The SMILES string of the molecule is O=C(O)CCc1ccc(OCCc2ccc(F)cc2)c(-c2ccc3ccccc3c2)c1. The number of carbonyl (C=O) groups is 1. The number of hydrogen-bond donors (Lipinski definition) is 1. The summed E-state index contributed by atoms with van der Waals surface area (Å²) >= 11 is 0. The van der Waals surface area contributed by atoms with E-state index < -0.39 is 5.97 Å². The average Bonchev–Trinajstić information content (AvgIpc) is 2.79. The van der Waals surface area contributed by atoms with E-state index in [1.807, 2.05) is 30.3 Å². The Hall–Kier alpha value is -3.66. The highest BCUT2D eigenvalue weighted by Gasteiger charge is 2.10. The first-order valence-corrected chi connectivity index (χ1v) is 10.3. The van der Waals surface area contributed by atoms with Crippen molar-refractivity contribution >= 4 is 16.7 Å². The zero-order valence-corrected chi connectivity index (χ0v) is 17.1. The number of fused-ring (bicyclic) bond motifs is 1. The zero-order chi connectivity index (χ0) is 21.6. The predicted molar refractivity (Wildman–Crippen MR) is 121 cm³/mol. The molecule has 0 aliphatic carbocycles. The van der Waals surface area contributed by atoms with Crippen LogP contribution in [0, 0.1) is 5.82 Å². The summed E-state index contributed by atoms with van der Waals surface area (Å²) in [5.74, 6) is -0.316. The third-order valence-electron chi connectivity index (χ3n) is 5.29. The highest BCUT2D eigenvalue weighted by atomic mass is 19.1. The second-order valence-electron chi connectivity index (χ2n) is 7.51. The Bertz CT molecular complexity index is 1200. The maximum atomic E-state index is 13.1. The van der Waals surface area contributed by atoms with Crippen molar-refractivity contribution in [2.24, 2.45) is 0 Å². The number of ether oxygens (including phenoxy) is 1. The maximum Gasteiger partial charge on any atom is 0.303 e. The normalized spacial score (nSPS) is 10.9. The molecule has 4 rings (SSSR count). The van der Waals surface area contributed by atoms with Crippen LogP contribution < -0.4 is 4.74 Å². The topological polar surface area (TPSA) is 46.5 Å². The molecule has 0 saturated carbocycles. The highest BCUT2D eigenvalue weighted by Crippen LogP contribution is 2.33. The Kier molecular flexibility index (Phi) is 6.27. The summed E-state index contributed by atoms with van der Waals surface area (Å²) in [6, 6.07) is 26.7. The van der Waals surface area contributed by atoms with Crippen LogP contribution in [0.5, 0.6) is 5.75 Å². The summed E-state index contributed by atoms with van der Waals surface area (Å²) in [6.07, 6.45) is 1.21. The number of rotatable bonds is 8. The van der Waals surface area contributed by atoms with Crippen molar-refractivity contribution in [2.75, 3.05) is 6.61 Å². The van der Waals surface area contributed by atoms with Gasteiger partial charge in [-0.3, -0.25) is 4.79 Å². The van der Waals surface area contributed by atoms with Crippen LogP contribution in [0.4, 0.5) is 4.39 Å². The summed E-state index contributed by atoms with van der Waals surface area (Å²) in [6.45, 7) is 0.459. The zero-order valence-electron chi connectivity index (χ0n) is 17.1. The molecule has 0 fully saturated rings. The van der Waals surface area contributed by atoms with Crippen LogP contribution in [-0.2, 0) is 17.6 Å². The molecule has 0 aliphatic heterocycles. The van der Waals surface area contributed by atoms with Crippen LogP contribution in [-0.4, -0.2) is 17.7 Å². The minimum atomic E-state index is -0.813. The summed E-state index contributed by atoms with van der Waals surface area (Å²) in [5.41, 5.74) is 3.92. The smallest absolute Gasteiger partial charge is 0.303 e. The summed E-state index contributed by atoms with van der Waals surface area (Å²) in [7, 11) is 0. The lowest BCUT2D eigenvalue weighted by atomic mass is 9.97. The molecule has 1 N–H and O–H groups in total. The van der Waals surface area contributed by atoms with Crippen molar-refractivity contribution in [2.45, 2.75) is 19.3 Å². The van der Waals surface area contributed by atoms with Crippen LogP contribution in [0.3, 0.4) is 0 Å². The number of benzene rings is 4. The van der Waals surface area contributed by atoms with E-state index in [9.17, 15) is 9.18 Å². The predicted octanol–water partition coefficient (Wildman–Crippen LogP) is 6.28. The van der Waals surface area contributed by atoms with E-state index in [1.54, 1.807) is 12.1 Å². The minimum Gasteiger partial charge on any atom is -0.493 e. The number of aryl methyl sites for hydroxylation is 1. The minimum absolute atomic E-state index is 0.0852. The lowest BCUT2D eigenvalue weighted by Crippen LogP contribution is -2.03. The Labute approximate surface area is 180 Å². The van der Waals surface area contributed by atoms with Gasteiger partial charge in [0.25, 0.3) is 0 Å². The van der Waals surface area contributed by atoms with Crippen LogP contribution in [0.1, 0.15) is 17.5 Å². The van der Waals surface area contributed by atoms with Gasteiger partial charge in [-0.2, -0.15) is 0 Å². The number of hydrogen-bond acceptors (Lipinski definition) is 2. The lowest BCUT2D eigenvalue weighted by Gasteiger charge is -2.14. The van der Waals surface area contributed by atoms with Gasteiger partial charge in [-0.05, 0) is 64.2 Å². The number of carboxylic acids is 1. The van der Waals surface area contributed by atoms with Crippen molar-refractivity contribution < 1.29 is 19.0 Å². The summed E-state index contributed by atoms with van der Waals surface area (Å²) in [4.78, 5) is 11.0. The van der Waals surface area contributed by atoms with Gasteiger partial charge in [0.05, 0.1) is 6.61 Å². The highest BCUT2D eigenvalue weighted by molar-refractivity contribution is 5.88. The molecule has 3 nitrogen and oxygen atoms in total. The van der Waals surface area contributed by atoms with Crippen LogP contribution in [0.2, 0.25) is 0 Å². The quantitative estimate of drug-likeness (QED) is 0.369. The van der Waals surface area contributed by atoms with Gasteiger partial charge in [0.1, 0.15) is 11.6 Å². The molecule has 0 bridgehead atoms. The van der Waals surface area contributed by atoms with E-state index >= 15 is 0 Å². The number of aliphatic carboxylic acids is 1. The molecule has 0 saturated heterocycles. The molecule has 4 heteroatoms. The van der Waals surface area contributed by atoms with Gasteiger partial charge in [0.2, 0.25) is 0 Å². The third kappa shape index (κ3) is 5.28. The first-order chi connectivity index (χ1) is 15.1. The Balaban J connectivity index is 1.61. The molecule has 0 atom stereocenters. The largest absolute Gasteiger partial charge is 0.493 e. The van der Waals surface area contributed by atoms with Gasteiger partial charge in [0.15, 0.2) is 0 Å². The molecule has 0 aliphatic rings. The van der Waals surface area contributed by atoms with E-state index in [-0.39, 0.29) is 12.2 Å². The molecular weight excluding hydrogens is 391 g/mol. The van der Waals surface area contributed by atoms with Gasteiger partial charge in [-0.1, -0.05) is 54.6 Å². The molecule has 4 aromatic carbocycles. The van der Waals surface area contributed by atoms with Crippen LogP contribution in [0.25, 0.3) is 21.9 Å². The molecule has 0 spiro atoms. The van der Waals surface area contributed by atoms with Crippen molar-refractivity contribution in [1.82, 2.24) is 0 Å². The Morgan fingerprint density at radius 1 is 0.806 bits per heavy atom. The lowest BCUT2D eigenvalue weighted by molar-refractivity contribution is -0.136. The molecule has 0 aromatic heterocycles. The first kappa shape index (κ1) is 20.6. The number of carboxylic acid groups (broad SMARTS) is 1. The van der Waals surface area contributed by atoms with Crippen molar-refractivity contribution in [3.8, 4) is 16.9 Å². The third-order valence-corrected chi connectivity index (χ3v) is 5.29. The number of halogens is 1. The van der Waals surface area contributed by atoms with Gasteiger partial charge >= 0.3 is 5.97 Å². The Morgan fingerprint density at radius 3 is 2.32 bits per heavy atom. The Morgan fingerprint density at radius 2 is 1.55 bits per heavy atom. The van der Waals surface area contributed by atoms with Crippen molar-refractivity contribution in [3.05, 3.63) is 102 Å². The molecule has 0 radical (unpaired) electrons. The van der Waals surface area contributed by atoms with Gasteiger partial charge in [-0.15, -0.1) is 0 Å². The molecule has 156 valence electrons.